The molecule has 21 heavy (non-hydrogen) atoms. The van der Waals surface area contributed by atoms with E-state index in [0.29, 0.717) is 0 Å². The van der Waals surface area contributed by atoms with Crippen molar-refractivity contribution >= 4 is 57.5 Å². The molecule has 0 aromatic heterocycles. The van der Waals surface area contributed by atoms with Crippen molar-refractivity contribution in [2.75, 3.05) is 6.54 Å². The second-order valence-electron chi connectivity index (χ2n) is 4.07. The molecule has 1 aliphatic rings. The first kappa shape index (κ1) is 17.8. The van der Waals surface area contributed by atoms with Crippen LogP contribution >= 0.6 is 0 Å². The molecule has 1 aromatic rings. The zero-order valence-electron chi connectivity index (χ0n) is 10.0. The molecule has 1 fully saturated rings. The number of carbonyl (C=O) groups excluding carboxylic acids is 3. The summed E-state index contributed by atoms with van der Waals surface area (Å²) in [4.78, 5) is 34.7. The third-order valence-corrected chi connectivity index (χ3v) is 3.60. The molecule has 1 atom stereocenters. The Balaban J connectivity index is 0.00000220. The summed E-state index contributed by atoms with van der Waals surface area (Å²) in [5, 5.41) is 2.11. The summed E-state index contributed by atoms with van der Waals surface area (Å²) in [7, 11) is -4.61. The molecular weight excluding hydrogens is 311 g/mol. The Morgan fingerprint density at radius 3 is 2.29 bits per heavy atom. The minimum atomic E-state index is -4.61. The van der Waals surface area contributed by atoms with E-state index in [9.17, 15) is 22.8 Å². The average Bonchev–Trinajstić information content (AvgIpc) is 2.41. The molecule has 1 heterocycles. The Morgan fingerprint density at radius 2 is 1.81 bits per heavy atom. The van der Waals surface area contributed by atoms with E-state index < -0.39 is 40.5 Å². The molecule has 0 aliphatic carbocycles. The van der Waals surface area contributed by atoms with E-state index in [2.05, 4.69) is 5.32 Å². The topological polar surface area (TPSA) is 121 Å². The molecule has 1 aromatic carbocycles. The van der Waals surface area contributed by atoms with Gasteiger partial charge in [-0.25, -0.2) is 4.31 Å². The van der Waals surface area contributed by atoms with Gasteiger partial charge < -0.3 is 5.32 Å². The van der Waals surface area contributed by atoms with Crippen molar-refractivity contribution in [3.63, 3.8) is 0 Å². The zero-order chi connectivity index (χ0) is 14.9. The molecule has 0 saturated carbocycles. The molecule has 1 aliphatic heterocycles. The van der Waals surface area contributed by atoms with Crippen LogP contribution in [0.15, 0.2) is 30.3 Å². The van der Waals surface area contributed by atoms with Gasteiger partial charge in [0, 0.05) is 5.56 Å². The van der Waals surface area contributed by atoms with Gasteiger partial charge in [0.15, 0.2) is 0 Å². The second-order valence-corrected chi connectivity index (χ2v) is 5.40. The molecule has 8 nitrogen and oxygen atoms in total. The van der Waals surface area contributed by atoms with Crippen molar-refractivity contribution in [3.8, 4) is 0 Å². The van der Waals surface area contributed by atoms with E-state index in [4.69, 9.17) is 4.55 Å². The van der Waals surface area contributed by atoms with E-state index in [-0.39, 0.29) is 39.4 Å². The maximum atomic E-state index is 11.7. The summed E-state index contributed by atoms with van der Waals surface area (Å²) in [6.45, 7) is -0.397. The van der Waals surface area contributed by atoms with Gasteiger partial charge in [-0.1, -0.05) is 30.3 Å². The van der Waals surface area contributed by atoms with Gasteiger partial charge in [-0.15, -0.1) is 0 Å². The van der Waals surface area contributed by atoms with Gasteiger partial charge >= 0.3 is 39.9 Å². The summed E-state index contributed by atoms with van der Waals surface area (Å²) < 4.78 is 30.2. The van der Waals surface area contributed by atoms with Gasteiger partial charge in [-0.05, 0) is 0 Å². The summed E-state index contributed by atoms with van der Waals surface area (Å²) >= 11 is 0. The number of hydrogen-bond acceptors (Lipinski definition) is 5. The molecule has 1 saturated heterocycles. The minimum absolute atomic E-state index is 0. The van der Waals surface area contributed by atoms with Gasteiger partial charge in [-0.2, -0.15) is 8.42 Å². The molecule has 1 unspecified atom stereocenters. The Morgan fingerprint density at radius 1 is 1.24 bits per heavy atom. The molecule has 2 rings (SSSR count). The van der Waals surface area contributed by atoms with Crippen LogP contribution in [0.25, 0.3) is 0 Å². The SMILES string of the molecule is O=C(NC1CN(S(=O)(=O)O)C1=O)C(=O)c1ccccc1.[NaH]. The Bertz CT molecular complexity index is 675. The number of Topliss-reactive ketones (excluding diaryl/α,β-unsaturated/α-hetero) is 1. The van der Waals surface area contributed by atoms with Gasteiger partial charge in [0.25, 0.3) is 11.8 Å². The summed E-state index contributed by atoms with van der Waals surface area (Å²) in [6, 6.07) is 6.58. The van der Waals surface area contributed by atoms with E-state index in [0.717, 1.165) is 0 Å². The molecular formula is C11H11N2NaO6S. The van der Waals surface area contributed by atoms with Crippen molar-refractivity contribution in [3.05, 3.63) is 35.9 Å². The van der Waals surface area contributed by atoms with Gasteiger partial charge in [0.1, 0.15) is 6.04 Å². The predicted octanol–water partition coefficient (Wildman–Crippen LogP) is -1.65. The summed E-state index contributed by atoms with van der Waals surface area (Å²) in [5.41, 5.74) is 0.156. The summed E-state index contributed by atoms with van der Waals surface area (Å²) in [6.07, 6.45) is 0. The maximum absolute atomic E-state index is 11.7. The Hall–Kier alpha value is -1.26. The summed E-state index contributed by atoms with van der Waals surface area (Å²) in [5.74, 6) is -2.82. The van der Waals surface area contributed by atoms with E-state index in [1.165, 1.54) is 12.1 Å². The van der Waals surface area contributed by atoms with Gasteiger partial charge in [0.05, 0.1) is 6.54 Å². The molecule has 10 heteroatoms. The van der Waals surface area contributed by atoms with Gasteiger partial charge in [-0.3, -0.25) is 18.9 Å². The van der Waals surface area contributed by atoms with Crippen LogP contribution in [-0.4, -0.2) is 77.0 Å². The van der Waals surface area contributed by atoms with Crippen molar-refractivity contribution < 1.29 is 27.4 Å². The van der Waals surface area contributed by atoms with E-state index in [1.54, 1.807) is 18.2 Å². The third kappa shape index (κ3) is 3.89. The van der Waals surface area contributed by atoms with Gasteiger partial charge in [0.2, 0.25) is 5.78 Å². The van der Waals surface area contributed by atoms with Crippen molar-refractivity contribution in [1.82, 2.24) is 9.62 Å². The normalized spacial score (nSPS) is 17.5. The molecule has 2 N–H and O–H groups in total. The Labute approximate surface area is 142 Å². The Kier molecular flexibility index (Phi) is 5.65. The molecule has 0 spiro atoms. The predicted molar refractivity (Wildman–Crippen MR) is 73.1 cm³/mol. The molecule has 2 amide bonds. The molecule has 0 radical (unpaired) electrons. The van der Waals surface area contributed by atoms with Crippen LogP contribution in [0, 0.1) is 0 Å². The first-order valence-electron chi connectivity index (χ1n) is 5.50. The monoisotopic (exact) mass is 322 g/mol. The zero-order valence-corrected chi connectivity index (χ0v) is 10.8. The quantitative estimate of drug-likeness (QED) is 0.225. The number of rotatable bonds is 4. The fraction of sp³-hybridized carbons (Fsp3) is 0.182. The molecule has 0 bridgehead atoms. The van der Waals surface area contributed by atoms with Crippen LogP contribution < -0.4 is 5.32 Å². The standard InChI is InChI=1S/C11H10N2O6S.Na.H/c14-9(7-4-2-1-3-5-7)10(15)12-8-6-13(11(8)16)20(17,18)19;;/h1-5,8H,6H2,(H,12,15)(H,17,18,19);;. The fourth-order valence-corrected chi connectivity index (χ4v) is 2.35. The first-order chi connectivity index (χ1) is 9.30. The van der Waals surface area contributed by atoms with Crippen molar-refractivity contribution in [2.24, 2.45) is 0 Å². The van der Waals surface area contributed by atoms with Crippen LogP contribution in [0.4, 0.5) is 0 Å². The van der Waals surface area contributed by atoms with Crippen molar-refractivity contribution in [1.29, 1.82) is 0 Å². The van der Waals surface area contributed by atoms with Crippen LogP contribution in [-0.2, 0) is 19.9 Å². The van der Waals surface area contributed by atoms with E-state index >= 15 is 0 Å². The van der Waals surface area contributed by atoms with Crippen LogP contribution in [0.5, 0.6) is 0 Å². The number of amides is 2. The number of β-lactam (4-membered cyclic amide) rings is 1. The number of nitrogens with zero attached hydrogens (tertiary/aromatic N) is 1. The fourth-order valence-electron chi connectivity index (χ4n) is 1.65. The number of benzene rings is 1. The second kappa shape index (κ2) is 6.67. The van der Waals surface area contributed by atoms with Crippen LogP contribution in [0.2, 0.25) is 0 Å². The van der Waals surface area contributed by atoms with Crippen LogP contribution in [0.1, 0.15) is 10.4 Å². The number of ketones is 1. The number of hydrogen-bond donors (Lipinski definition) is 2. The number of carbonyl (C=O) groups is 3. The van der Waals surface area contributed by atoms with Crippen LogP contribution in [0.3, 0.4) is 0 Å². The average molecular weight is 322 g/mol. The number of nitrogens with one attached hydrogen (secondary N) is 1. The third-order valence-electron chi connectivity index (χ3n) is 2.72. The van der Waals surface area contributed by atoms with Crippen molar-refractivity contribution in [2.45, 2.75) is 6.04 Å². The first-order valence-corrected chi connectivity index (χ1v) is 6.89. The molecule has 108 valence electrons. The van der Waals surface area contributed by atoms with E-state index in [1.807, 2.05) is 0 Å².